The van der Waals surface area contributed by atoms with Crippen molar-refractivity contribution >= 4 is 21.8 Å². The molecule has 1 rings (SSSR count). The van der Waals surface area contributed by atoms with Crippen molar-refractivity contribution in [1.82, 2.24) is 5.32 Å². The fourth-order valence-electron chi connectivity index (χ4n) is 1.42. The van der Waals surface area contributed by atoms with E-state index >= 15 is 0 Å². The first-order valence-electron chi connectivity index (χ1n) is 6.11. The number of para-hydroxylation sites is 2. The Morgan fingerprint density at radius 2 is 1.95 bits per heavy atom. The molecule has 0 bridgehead atoms. The Hall–Kier alpha value is -1.23. The number of carbonyl (C=O) groups excluding carboxylic acids is 1. The topological polar surface area (TPSA) is 47.6 Å². The monoisotopic (exact) mass is 329 g/mol. The molecule has 0 aliphatic rings. The zero-order chi connectivity index (χ0) is 14.5. The Morgan fingerprint density at radius 1 is 1.37 bits per heavy atom. The van der Waals surface area contributed by atoms with Crippen molar-refractivity contribution in [3.05, 3.63) is 24.3 Å². The average Bonchev–Trinajstić information content (AvgIpc) is 2.35. The summed E-state index contributed by atoms with van der Waals surface area (Å²) in [6.07, 6.45) is -0.143. The molecule has 1 aromatic carbocycles. The number of carbonyl (C=O) groups is 1. The van der Waals surface area contributed by atoms with Crippen LogP contribution in [0.15, 0.2) is 24.3 Å². The maximum atomic E-state index is 11.7. The van der Waals surface area contributed by atoms with Crippen molar-refractivity contribution in [2.24, 2.45) is 0 Å². The molecule has 0 spiro atoms. The van der Waals surface area contributed by atoms with Crippen LogP contribution in [0.2, 0.25) is 0 Å². The van der Waals surface area contributed by atoms with Gasteiger partial charge in [0.25, 0.3) is 0 Å². The predicted octanol–water partition coefficient (Wildman–Crippen LogP) is 2.75. The Kier molecular flexibility index (Phi) is 5.66. The smallest absolute Gasteiger partial charge is 0.236 e. The van der Waals surface area contributed by atoms with Crippen LogP contribution in [0.5, 0.6) is 11.5 Å². The Morgan fingerprint density at radius 3 is 2.47 bits per heavy atom. The molecular weight excluding hydrogens is 310 g/mol. The first-order valence-corrected chi connectivity index (χ1v) is 6.90. The predicted molar refractivity (Wildman–Crippen MR) is 79.1 cm³/mol. The lowest BCUT2D eigenvalue weighted by atomic mass is 10.2. The van der Waals surface area contributed by atoms with Crippen LogP contribution in [0, 0.1) is 0 Å². The van der Waals surface area contributed by atoms with Gasteiger partial charge in [-0.1, -0.05) is 28.1 Å². The van der Waals surface area contributed by atoms with Crippen LogP contribution >= 0.6 is 15.9 Å². The number of nitrogens with one attached hydrogen (secondary N) is 1. The summed E-state index contributed by atoms with van der Waals surface area (Å²) in [6, 6.07) is 7.43. The quantitative estimate of drug-likeness (QED) is 0.816. The third-order valence-corrected chi connectivity index (χ3v) is 2.85. The molecule has 1 unspecified atom stereocenters. The molecule has 1 N–H and O–H groups in total. The molecule has 0 saturated carbocycles. The van der Waals surface area contributed by atoms with Crippen LogP contribution in [0.3, 0.4) is 0 Å². The molecule has 0 saturated heterocycles. The fraction of sp³-hybridized carbons (Fsp3) is 0.500. The van der Waals surface area contributed by atoms with E-state index < -0.39 is 4.32 Å². The van der Waals surface area contributed by atoms with Crippen molar-refractivity contribution < 1.29 is 14.3 Å². The number of amides is 1. The molecule has 0 aliphatic carbocycles. The van der Waals surface area contributed by atoms with E-state index in [9.17, 15) is 4.79 Å². The summed E-state index contributed by atoms with van der Waals surface area (Å²) in [5, 5.41) is 2.83. The zero-order valence-corrected chi connectivity index (χ0v) is 13.3. The molecular formula is C14H20BrNO3. The van der Waals surface area contributed by atoms with Crippen LogP contribution in [-0.4, -0.2) is 30.0 Å². The molecule has 0 aliphatic heterocycles. The standard InChI is InChI=1S/C14H20BrNO3/c1-10(9-16-13(17)14(2,3)15)19-12-8-6-5-7-11(12)18-4/h5-8,10H,9H2,1-4H3,(H,16,17). The molecule has 4 nitrogen and oxygen atoms in total. The highest BCUT2D eigenvalue weighted by Gasteiger charge is 2.23. The van der Waals surface area contributed by atoms with Gasteiger partial charge in [-0.25, -0.2) is 0 Å². The second kappa shape index (κ2) is 6.80. The number of rotatable bonds is 6. The second-order valence-corrected chi connectivity index (χ2v) is 6.74. The third kappa shape index (κ3) is 5.11. The molecule has 106 valence electrons. The Labute approximate surface area is 122 Å². The third-order valence-electron chi connectivity index (χ3n) is 2.49. The van der Waals surface area contributed by atoms with Crippen LogP contribution in [-0.2, 0) is 4.79 Å². The molecule has 19 heavy (non-hydrogen) atoms. The van der Waals surface area contributed by atoms with E-state index in [1.807, 2.05) is 31.2 Å². The molecule has 1 aromatic rings. The number of alkyl halides is 1. The van der Waals surface area contributed by atoms with Crippen LogP contribution in [0.25, 0.3) is 0 Å². The highest BCUT2D eigenvalue weighted by Crippen LogP contribution is 2.26. The van der Waals surface area contributed by atoms with Crippen molar-refractivity contribution in [2.45, 2.75) is 31.2 Å². The van der Waals surface area contributed by atoms with E-state index in [1.165, 1.54) is 0 Å². The lowest BCUT2D eigenvalue weighted by Gasteiger charge is -2.20. The minimum atomic E-state index is -0.572. The van der Waals surface area contributed by atoms with Crippen molar-refractivity contribution in [3.8, 4) is 11.5 Å². The van der Waals surface area contributed by atoms with E-state index in [1.54, 1.807) is 21.0 Å². The highest BCUT2D eigenvalue weighted by atomic mass is 79.9. The summed E-state index contributed by atoms with van der Waals surface area (Å²) >= 11 is 3.31. The van der Waals surface area contributed by atoms with Gasteiger partial charge in [0.15, 0.2) is 11.5 Å². The van der Waals surface area contributed by atoms with Crippen molar-refractivity contribution in [2.75, 3.05) is 13.7 Å². The van der Waals surface area contributed by atoms with E-state index in [0.717, 1.165) is 0 Å². The summed E-state index contributed by atoms with van der Waals surface area (Å²) in [5.41, 5.74) is 0. The van der Waals surface area contributed by atoms with Gasteiger partial charge in [-0.2, -0.15) is 0 Å². The Balaban J connectivity index is 2.52. The maximum Gasteiger partial charge on any atom is 0.236 e. The summed E-state index contributed by atoms with van der Waals surface area (Å²) in [7, 11) is 1.60. The second-order valence-electron chi connectivity index (χ2n) is 4.76. The van der Waals surface area contributed by atoms with E-state index in [4.69, 9.17) is 9.47 Å². The summed E-state index contributed by atoms with van der Waals surface area (Å²) in [5.74, 6) is 1.29. The van der Waals surface area contributed by atoms with Gasteiger partial charge >= 0.3 is 0 Å². The molecule has 0 fully saturated rings. The van der Waals surface area contributed by atoms with Crippen LogP contribution < -0.4 is 14.8 Å². The van der Waals surface area contributed by atoms with Crippen LogP contribution in [0.1, 0.15) is 20.8 Å². The van der Waals surface area contributed by atoms with Gasteiger partial charge in [0.05, 0.1) is 18.0 Å². The summed E-state index contributed by atoms with van der Waals surface area (Å²) in [6.45, 7) is 5.93. The van der Waals surface area contributed by atoms with Gasteiger partial charge in [-0.15, -0.1) is 0 Å². The summed E-state index contributed by atoms with van der Waals surface area (Å²) < 4.78 is 10.4. The lowest BCUT2D eigenvalue weighted by Crippen LogP contribution is -2.41. The number of hydrogen-bond acceptors (Lipinski definition) is 3. The molecule has 1 atom stereocenters. The molecule has 0 radical (unpaired) electrons. The fourth-order valence-corrected chi connectivity index (χ4v) is 1.56. The van der Waals surface area contributed by atoms with Crippen LogP contribution in [0.4, 0.5) is 0 Å². The molecule has 1 amide bonds. The van der Waals surface area contributed by atoms with E-state index in [-0.39, 0.29) is 12.0 Å². The van der Waals surface area contributed by atoms with Gasteiger partial charge in [-0.3, -0.25) is 4.79 Å². The maximum absolute atomic E-state index is 11.7. The van der Waals surface area contributed by atoms with Crippen molar-refractivity contribution in [1.29, 1.82) is 0 Å². The number of methoxy groups -OCH3 is 1. The minimum Gasteiger partial charge on any atom is -0.493 e. The number of hydrogen-bond donors (Lipinski definition) is 1. The number of benzene rings is 1. The molecule has 5 heteroatoms. The largest absolute Gasteiger partial charge is 0.493 e. The lowest BCUT2D eigenvalue weighted by molar-refractivity contribution is -0.122. The molecule has 0 heterocycles. The van der Waals surface area contributed by atoms with Crippen molar-refractivity contribution in [3.63, 3.8) is 0 Å². The van der Waals surface area contributed by atoms with E-state index in [0.29, 0.717) is 18.0 Å². The first-order chi connectivity index (χ1) is 8.84. The van der Waals surface area contributed by atoms with Gasteiger partial charge in [0.2, 0.25) is 5.91 Å². The summed E-state index contributed by atoms with van der Waals surface area (Å²) in [4.78, 5) is 11.7. The zero-order valence-electron chi connectivity index (χ0n) is 11.7. The van der Waals surface area contributed by atoms with Gasteiger partial charge in [0, 0.05) is 0 Å². The number of halogens is 1. The number of ether oxygens (including phenoxy) is 2. The van der Waals surface area contributed by atoms with Gasteiger partial charge in [-0.05, 0) is 32.9 Å². The minimum absolute atomic E-state index is 0.0667. The molecule has 0 aromatic heterocycles. The Bertz CT molecular complexity index is 429. The SMILES string of the molecule is COc1ccccc1OC(C)CNC(=O)C(C)(C)Br. The normalized spacial score (nSPS) is 12.7. The van der Waals surface area contributed by atoms with Gasteiger partial charge in [0.1, 0.15) is 6.10 Å². The first kappa shape index (κ1) is 15.8. The van der Waals surface area contributed by atoms with Gasteiger partial charge < -0.3 is 14.8 Å². The average molecular weight is 330 g/mol. The highest BCUT2D eigenvalue weighted by molar-refractivity contribution is 9.10. The van der Waals surface area contributed by atoms with E-state index in [2.05, 4.69) is 21.2 Å².